The Balaban J connectivity index is 1.25. The minimum Gasteiger partial charge on any atom is -0.391 e. The standard InChI is InChI=1S/C25H31N5O4/c1-18-4-5-19(26-16-18)8-9-28-10-12-29(13-11-28)24(33)34-21-7-6-20(17-27-21)30-22(31)14-25(2,3)15-23(30)32/h4-7,16-17H,8-15H2,1-3H3. The summed E-state index contributed by atoms with van der Waals surface area (Å²) in [5.41, 5.74) is 2.27. The minimum atomic E-state index is -0.452. The van der Waals surface area contributed by atoms with Gasteiger partial charge in [0.15, 0.2) is 0 Å². The SMILES string of the molecule is Cc1ccc(CCN2CCN(C(=O)Oc3ccc(N4C(=O)CC(C)(C)CC4=O)cn3)CC2)nc1. The number of ether oxygens (including phenoxy) is 1. The lowest BCUT2D eigenvalue weighted by Crippen LogP contribution is -2.50. The molecule has 2 aliphatic rings. The van der Waals surface area contributed by atoms with E-state index >= 15 is 0 Å². The van der Waals surface area contributed by atoms with Crippen molar-refractivity contribution in [1.82, 2.24) is 19.8 Å². The summed E-state index contributed by atoms with van der Waals surface area (Å²) in [6, 6.07) is 7.22. The van der Waals surface area contributed by atoms with Crippen LogP contribution in [0.15, 0.2) is 36.7 Å². The number of aryl methyl sites for hydroxylation is 1. The van der Waals surface area contributed by atoms with Crippen LogP contribution in [0.3, 0.4) is 0 Å². The van der Waals surface area contributed by atoms with E-state index in [-0.39, 0.29) is 23.1 Å². The maximum absolute atomic E-state index is 12.6. The highest BCUT2D eigenvalue weighted by Gasteiger charge is 2.38. The average Bonchev–Trinajstić information content (AvgIpc) is 2.79. The first-order chi connectivity index (χ1) is 16.2. The van der Waals surface area contributed by atoms with Crippen molar-refractivity contribution in [3.63, 3.8) is 0 Å². The van der Waals surface area contributed by atoms with Crippen LogP contribution in [-0.4, -0.2) is 70.4 Å². The van der Waals surface area contributed by atoms with Gasteiger partial charge in [-0.3, -0.25) is 19.5 Å². The predicted octanol–water partition coefficient (Wildman–Crippen LogP) is 2.82. The van der Waals surface area contributed by atoms with Crippen molar-refractivity contribution >= 4 is 23.6 Å². The van der Waals surface area contributed by atoms with Crippen molar-refractivity contribution in [2.45, 2.75) is 40.0 Å². The number of anilines is 1. The fourth-order valence-corrected chi connectivity index (χ4v) is 4.26. The molecule has 2 saturated heterocycles. The molecule has 3 amide bonds. The molecule has 0 N–H and O–H groups in total. The Morgan fingerprint density at radius 3 is 2.26 bits per heavy atom. The van der Waals surface area contributed by atoms with Crippen molar-refractivity contribution < 1.29 is 19.1 Å². The second-order valence-corrected chi connectivity index (χ2v) is 9.77. The maximum atomic E-state index is 12.6. The van der Waals surface area contributed by atoms with E-state index in [0.29, 0.717) is 31.6 Å². The Bertz CT molecular complexity index is 1020. The van der Waals surface area contributed by atoms with Crippen molar-refractivity contribution in [1.29, 1.82) is 0 Å². The van der Waals surface area contributed by atoms with E-state index in [0.717, 1.165) is 42.2 Å². The molecule has 0 spiro atoms. The van der Waals surface area contributed by atoms with Gasteiger partial charge in [-0.15, -0.1) is 0 Å². The normalized spacial score (nSPS) is 18.8. The van der Waals surface area contributed by atoms with Crippen LogP contribution < -0.4 is 9.64 Å². The van der Waals surface area contributed by atoms with Crippen molar-refractivity contribution in [3.05, 3.63) is 47.9 Å². The third kappa shape index (κ3) is 5.77. The van der Waals surface area contributed by atoms with Crippen LogP contribution in [0.4, 0.5) is 10.5 Å². The van der Waals surface area contributed by atoms with Gasteiger partial charge in [0.05, 0.1) is 11.9 Å². The number of piperazine rings is 1. The van der Waals surface area contributed by atoms with Gasteiger partial charge in [0.2, 0.25) is 17.7 Å². The molecule has 0 radical (unpaired) electrons. The Hall–Kier alpha value is -3.33. The van der Waals surface area contributed by atoms with Crippen LogP contribution in [0.5, 0.6) is 5.88 Å². The Morgan fingerprint density at radius 2 is 1.68 bits per heavy atom. The Morgan fingerprint density at radius 1 is 0.971 bits per heavy atom. The second kappa shape index (κ2) is 9.89. The van der Waals surface area contributed by atoms with Gasteiger partial charge < -0.3 is 9.64 Å². The molecule has 34 heavy (non-hydrogen) atoms. The summed E-state index contributed by atoms with van der Waals surface area (Å²) in [5.74, 6) is -0.355. The number of carbonyl (C=O) groups excluding carboxylic acids is 3. The first kappa shape index (κ1) is 23.8. The first-order valence-corrected chi connectivity index (χ1v) is 11.6. The quantitative estimate of drug-likeness (QED) is 0.627. The van der Waals surface area contributed by atoms with Crippen LogP contribution in [0.2, 0.25) is 0 Å². The molecule has 0 unspecified atom stereocenters. The number of pyridine rings is 2. The summed E-state index contributed by atoms with van der Waals surface area (Å²) >= 11 is 0. The molecule has 0 aromatic carbocycles. The molecular weight excluding hydrogens is 434 g/mol. The average molecular weight is 466 g/mol. The zero-order valence-electron chi connectivity index (χ0n) is 20.0. The van der Waals surface area contributed by atoms with Crippen molar-refractivity contribution in [3.8, 4) is 5.88 Å². The van der Waals surface area contributed by atoms with E-state index in [4.69, 9.17) is 4.74 Å². The highest BCUT2D eigenvalue weighted by atomic mass is 16.6. The molecular formula is C25H31N5O4. The number of rotatable bonds is 5. The minimum absolute atomic E-state index is 0.138. The summed E-state index contributed by atoms with van der Waals surface area (Å²) in [6.07, 6.45) is 4.29. The van der Waals surface area contributed by atoms with Crippen LogP contribution >= 0.6 is 0 Å². The summed E-state index contributed by atoms with van der Waals surface area (Å²) in [5, 5.41) is 0. The van der Waals surface area contributed by atoms with E-state index < -0.39 is 6.09 Å². The number of amides is 3. The molecule has 0 aliphatic carbocycles. The predicted molar refractivity (Wildman–Crippen MR) is 126 cm³/mol. The van der Waals surface area contributed by atoms with Crippen LogP contribution in [0.1, 0.15) is 37.9 Å². The molecule has 180 valence electrons. The van der Waals surface area contributed by atoms with E-state index in [1.54, 1.807) is 11.0 Å². The van der Waals surface area contributed by atoms with Gasteiger partial charge in [-0.25, -0.2) is 14.7 Å². The van der Waals surface area contributed by atoms with Gasteiger partial charge in [0.25, 0.3) is 0 Å². The number of piperidine rings is 1. The molecule has 2 aromatic heterocycles. The van der Waals surface area contributed by atoms with Crippen molar-refractivity contribution in [2.24, 2.45) is 5.41 Å². The van der Waals surface area contributed by atoms with Crippen LogP contribution in [-0.2, 0) is 16.0 Å². The summed E-state index contributed by atoms with van der Waals surface area (Å²) in [6.45, 7) is 9.41. The number of aromatic nitrogens is 2. The fraction of sp³-hybridized carbons (Fsp3) is 0.480. The van der Waals surface area contributed by atoms with E-state index in [2.05, 4.69) is 27.0 Å². The lowest BCUT2D eigenvalue weighted by Gasteiger charge is -2.34. The molecule has 2 aliphatic heterocycles. The monoisotopic (exact) mass is 465 g/mol. The molecule has 0 bridgehead atoms. The molecule has 9 nitrogen and oxygen atoms in total. The number of carbonyl (C=O) groups is 3. The Labute approximate surface area is 199 Å². The number of imide groups is 1. The first-order valence-electron chi connectivity index (χ1n) is 11.6. The number of nitrogens with zero attached hydrogens (tertiary/aromatic N) is 5. The summed E-state index contributed by atoms with van der Waals surface area (Å²) in [7, 11) is 0. The van der Waals surface area contributed by atoms with Crippen molar-refractivity contribution in [2.75, 3.05) is 37.6 Å². The van der Waals surface area contributed by atoms with E-state index in [1.807, 2.05) is 27.0 Å². The summed E-state index contributed by atoms with van der Waals surface area (Å²) in [4.78, 5) is 51.2. The molecule has 0 saturated carbocycles. The zero-order chi connectivity index (χ0) is 24.3. The summed E-state index contributed by atoms with van der Waals surface area (Å²) < 4.78 is 5.42. The fourth-order valence-electron chi connectivity index (χ4n) is 4.26. The smallest absolute Gasteiger partial charge is 0.391 e. The second-order valence-electron chi connectivity index (χ2n) is 9.77. The topological polar surface area (TPSA) is 95.9 Å². The highest BCUT2D eigenvalue weighted by Crippen LogP contribution is 2.34. The van der Waals surface area contributed by atoms with Crippen LogP contribution in [0.25, 0.3) is 0 Å². The molecule has 4 heterocycles. The number of hydrogen-bond donors (Lipinski definition) is 0. The van der Waals surface area contributed by atoms with E-state index in [9.17, 15) is 14.4 Å². The van der Waals surface area contributed by atoms with Gasteiger partial charge in [-0.2, -0.15) is 0 Å². The molecule has 0 atom stereocenters. The molecule has 2 fully saturated rings. The lowest BCUT2D eigenvalue weighted by atomic mass is 9.81. The lowest BCUT2D eigenvalue weighted by molar-refractivity contribution is -0.132. The number of hydrogen-bond acceptors (Lipinski definition) is 7. The zero-order valence-corrected chi connectivity index (χ0v) is 20.0. The van der Waals surface area contributed by atoms with Gasteiger partial charge in [0, 0.05) is 69.9 Å². The molecule has 2 aromatic rings. The third-order valence-corrected chi connectivity index (χ3v) is 6.22. The Kier molecular flexibility index (Phi) is 6.92. The van der Waals surface area contributed by atoms with Gasteiger partial charge in [0.1, 0.15) is 0 Å². The largest absolute Gasteiger partial charge is 0.416 e. The third-order valence-electron chi connectivity index (χ3n) is 6.22. The van der Waals surface area contributed by atoms with E-state index in [1.165, 1.54) is 12.3 Å². The molecule has 4 rings (SSSR count). The van der Waals surface area contributed by atoms with Gasteiger partial charge in [-0.05, 0) is 30.0 Å². The maximum Gasteiger partial charge on any atom is 0.416 e. The highest BCUT2D eigenvalue weighted by molar-refractivity contribution is 6.16. The van der Waals surface area contributed by atoms with Crippen LogP contribution in [0, 0.1) is 12.3 Å². The van der Waals surface area contributed by atoms with Gasteiger partial charge >= 0.3 is 6.09 Å². The van der Waals surface area contributed by atoms with Gasteiger partial charge in [-0.1, -0.05) is 19.9 Å². The molecule has 9 heteroatoms.